The minimum atomic E-state index is -0.0242. The number of carbonyl (C=O) groups excluding carboxylic acids is 1. The van der Waals surface area contributed by atoms with Crippen LogP contribution in [0, 0.1) is 0 Å². The quantitative estimate of drug-likeness (QED) is 0.415. The molecule has 0 aromatic heterocycles. The molecule has 2 N–H and O–H groups in total. The molecule has 1 amide bonds. The SMILES string of the molecule is C=CCNC(=NCC(=O)N(C)C)NCC(C)(C)SC. The lowest BCUT2D eigenvalue weighted by atomic mass is 10.2. The van der Waals surface area contributed by atoms with E-state index in [1.54, 1.807) is 31.9 Å². The number of carbonyl (C=O) groups is 1. The number of hydrogen-bond acceptors (Lipinski definition) is 3. The Morgan fingerprint density at radius 3 is 2.53 bits per heavy atom. The molecule has 5 nitrogen and oxygen atoms in total. The first-order valence-electron chi connectivity index (χ1n) is 6.21. The van der Waals surface area contributed by atoms with E-state index >= 15 is 0 Å². The summed E-state index contributed by atoms with van der Waals surface area (Å²) >= 11 is 1.78. The first-order chi connectivity index (χ1) is 8.82. The molecule has 0 atom stereocenters. The zero-order valence-electron chi connectivity index (χ0n) is 12.6. The molecule has 110 valence electrons. The lowest BCUT2D eigenvalue weighted by Crippen LogP contribution is -2.44. The maximum atomic E-state index is 11.5. The van der Waals surface area contributed by atoms with Gasteiger partial charge < -0.3 is 15.5 Å². The van der Waals surface area contributed by atoms with Gasteiger partial charge in [-0.25, -0.2) is 4.99 Å². The van der Waals surface area contributed by atoms with Gasteiger partial charge in [-0.1, -0.05) is 6.08 Å². The second-order valence-corrected chi connectivity index (χ2v) is 6.45. The van der Waals surface area contributed by atoms with Crippen LogP contribution in [0.25, 0.3) is 0 Å². The van der Waals surface area contributed by atoms with Crippen LogP contribution in [0.3, 0.4) is 0 Å². The van der Waals surface area contributed by atoms with Crippen LogP contribution in [-0.2, 0) is 4.79 Å². The van der Waals surface area contributed by atoms with Crippen LogP contribution < -0.4 is 10.6 Å². The summed E-state index contributed by atoms with van der Waals surface area (Å²) in [5.41, 5.74) is 0. The van der Waals surface area contributed by atoms with E-state index in [4.69, 9.17) is 0 Å². The summed E-state index contributed by atoms with van der Waals surface area (Å²) in [5.74, 6) is 0.612. The highest BCUT2D eigenvalue weighted by atomic mass is 32.2. The second kappa shape index (κ2) is 8.85. The molecule has 0 bridgehead atoms. The van der Waals surface area contributed by atoms with Gasteiger partial charge in [0.1, 0.15) is 6.54 Å². The first-order valence-corrected chi connectivity index (χ1v) is 7.43. The standard InChI is InChI=1S/C13H26N4OS/c1-7-8-14-12(15-9-11(18)17(4)5)16-10-13(2,3)19-6/h7H,1,8-10H2,2-6H3,(H2,14,15,16). The molecule has 0 rings (SSSR count). The average Bonchev–Trinajstić information content (AvgIpc) is 2.37. The summed E-state index contributed by atoms with van der Waals surface area (Å²) in [4.78, 5) is 17.3. The highest BCUT2D eigenvalue weighted by Gasteiger charge is 2.16. The third-order valence-corrected chi connectivity index (χ3v) is 3.77. The predicted molar refractivity (Wildman–Crippen MR) is 84.8 cm³/mol. The Morgan fingerprint density at radius 1 is 1.42 bits per heavy atom. The first kappa shape index (κ1) is 17.8. The third kappa shape index (κ3) is 8.53. The van der Waals surface area contributed by atoms with Gasteiger partial charge in [0.05, 0.1) is 0 Å². The van der Waals surface area contributed by atoms with Crippen molar-refractivity contribution >= 4 is 23.6 Å². The van der Waals surface area contributed by atoms with Crippen molar-refractivity contribution < 1.29 is 4.79 Å². The number of aliphatic imine (C=N–C) groups is 1. The van der Waals surface area contributed by atoms with Crippen molar-refractivity contribution in [2.75, 3.05) is 40.0 Å². The molecule has 0 saturated heterocycles. The molecule has 19 heavy (non-hydrogen) atoms. The van der Waals surface area contributed by atoms with Crippen molar-refractivity contribution in [1.82, 2.24) is 15.5 Å². The van der Waals surface area contributed by atoms with Crippen molar-refractivity contribution in [3.05, 3.63) is 12.7 Å². The van der Waals surface area contributed by atoms with E-state index in [2.05, 4.69) is 42.3 Å². The fourth-order valence-corrected chi connectivity index (χ4v) is 1.22. The number of thioether (sulfide) groups is 1. The minimum absolute atomic E-state index is 0.0242. The van der Waals surface area contributed by atoms with Crippen LogP contribution in [-0.4, -0.2) is 61.5 Å². The lowest BCUT2D eigenvalue weighted by molar-refractivity contribution is -0.127. The Hall–Kier alpha value is -1.17. The molecular weight excluding hydrogens is 260 g/mol. The molecule has 0 aliphatic rings. The zero-order valence-corrected chi connectivity index (χ0v) is 13.4. The van der Waals surface area contributed by atoms with Gasteiger partial charge in [0, 0.05) is 31.9 Å². The highest BCUT2D eigenvalue weighted by molar-refractivity contribution is 7.99. The van der Waals surface area contributed by atoms with Crippen LogP contribution in [0.5, 0.6) is 0 Å². The van der Waals surface area contributed by atoms with Gasteiger partial charge in [-0.3, -0.25) is 4.79 Å². The zero-order chi connectivity index (χ0) is 14.9. The Bertz CT molecular complexity index is 327. The van der Waals surface area contributed by atoms with Crippen LogP contribution in [0.4, 0.5) is 0 Å². The number of likely N-dealkylation sites (N-methyl/N-ethyl adjacent to an activating group) is 1. The molecule has 0 saturated carbocycles. The van der Waals surface area contributed by atoms with Crippen LogP contribution in [0.2, 0.25) is 0 Å². The molecule has 6 heteroatoms. The highest BCUT2D eigenvalue weighted by Crippen LogP contribution is 2.19. The Labute approximate surface area is 120 Å². The minimum Gasteiger partial charge on any atom is -0.355 e. The molecule has 0 aromatic rings. The normalized spacial score (nSPS) is 11.9. The summed E-state index contributed by atoms with van der Waals surface area (Å²) in [5, 5.41) is 6.34. The van der Waals surface area contributed by atoms with Gasteiger partial charge >= 0.3 is 0 Å². The Kier molecular flexibility index (Phi) is 8.30. The number of nitrogens with one attached hydrogen (secondary N) is 2. The van der Waals surface area contributed by atoms with E-state index in [9.17, 15) is 4.79 Å². The second-order valence-electron chi connectivity index (χ2n) is 4.94. The smallest absolute Gasteiger partial charge is 0.243 e. The fourth-order valence-electron chi connectivity index (χ4n) is 1.00. The van der Waals surface area contributed by atoms with Gasteiger partial charge in [0.15, 0.2) is 5.96 Å². The van der Waals surface area contributed by atoms with E-state index in [1.807, 2.05) is 0 Å². The summed E-state index contributed by atoms with van der Waals surface area (Å²) in [6.45, 7) is 9.49. The number of nitrogens with zero attached hydrogens (tertiary/aromatic N) is 2. The Morgan fingerprint density at radius 2 is 2.05 bits per heavy atom. The van der Waals surface area contributed by atoms with Crippen molar-refractivity contribution in [3.8, 4) is 0 Å². The van der Waals surface area contributed by atoms with Gasteiger partial charge in [-0.15, -0.1) is 6.58 Å². The van der Waals surface area contributed by atoms with Crippen molar-refractivity contribution in [2.24, 2.45) is 4.99 Å². The molecule has 0 radical (unpaired) electrons. The van der Waals surface area contributed by atoms with Gasteiger partial charge in [0.2, 0.25) is 5.91 Å². The van der Waals surface area contributed by atoms with Gasteiger partial charge in [0.25, 0.3) is 0 Å². The molecule has 0 aliphatic carbocycles. The number of amides is 1. The van der Waals surface area contributed by atoms with Crippen molar-refractivity contribution in [3.63, 3.8) is 0 Å². The molecule has 0 fully saturated rings. The molecule has 0 heterocycles. The van der Waals surface area contributed by atoms with Crippen LogP contribution >= 0.6 is 11.8 Å². The maximum Gasteiger partial charge on any atom is 0.243 e. The van der Waals surface area contributed by atoms with Crippen molar-refractivity contribution in [1.29, 1.82) is 0 Å². The topological polar surface area (TPSA) is 56.7 Å². The molecule has 0 aromatic carbocycles. The average molecular weight is 286 g/mol. The lowest BCUT2D eigenvalue weighted by Gasteiger charge is -2.23. The monoisotopic (exact) mass is 286 g/mol. The van der Waals surface area contributed by atoms with Gasteiger partial charge in [-0.2, -0.15) is 11.8 Å². The molecular formula is C13H26N4OS. The van der Waals surface area contributed by atoms with Crippen molar-refractivity contribution in [2.45, 2.75) is 18.6 Å². The van der Waals surface area contributed by atoms with Gasteiger partial charge in [-0.05, 0) is 20.1 Å². The van der Waals surface area contributed by atoms with Crippen LogP contribution in [0.15, 0.2) is 17.6 Å². The largest absolute Gasteiger partial charge is 0.355 e. The van der Waals surface area contributed by atoms with E-state index < -0.39 is 0 Å². The molecule has 0 unspecified atom stereocenters. The number of hydrogen-bond donors (Lipinski definition) is 2. The summed E-state index contributed by atoms with van der Waals surface area (Å²) < 4.78 is 0.113. The van der Waals surface area contributed by atoms with Crippen LogP contribution in [0.1, 0.15) is 13.8 Å². The summed E-state index contributed by atoms with van der Waals surface area (Å²) in [6.07, 6.45) is 3.83. The van der Waals surface area contributed by atoms with E-state index in [0.29, 0.717) is 12.5 Å². The summed E-state index contributed by atoms with van der Waals surface area (Å²) in [6, 6.07) is 0. The third-order valence-electron chi connectivity index (χ3n) is 2.52. The summed E-state index contributed by atoms with van der Waals surface area (Å²) in [7, 11) is 3.44. The van der Waals surface area contributed by atoms with E-state index in [0.717, 1.165) is 6.54 Å². The number of rotatable bonds is 7. The predicted octanol–water partition coefficient (Wildman–Crippen LogP) is 0.937. The Balaban J connectivity index is 4.49. The fraction of sp³-hybridized carbons (Fsp3) is 0.692. The maximum absolute atomic E-state index is 11.5. The van der Waals surface area contributed by atoms with E-state index in [-0.39, 0.29) is 17.2 Å². The molecule has 0 spiro atoms. The number of guanidine groups is 1. The molecule has 0 aliphatic heterocycles. The van der Waals surface area contributed by atoms with E-state index in [1.165, 1.54) is 4.90 Å².